The summed E-state index contributed by atoms with van der Waals surface area (Å²) in [6.45, 7) is 6.86. The molecular weight excluding hydrogens is 538 g/mol. The quantitative estimate of drug-likeness (QED) is 0.245. The van der Waals surface area contributed by atoms with E-state index in [1.807, 2.05) is 25.4 Å². The van der Waals surface area contributed by atoms with Crippen LogP contribution < -0.4 is 5.32 Å². The lowest BCUT2D eigenvalue weighted by molar-refractivity contribution is 0.102. The van der Waals surface area contributed by atoms with E-state index >= 15 is 0 Å². The molecule has 0 spiro atoms. The van der Waals surface area contributed by atoms with Gasteiger partial charge in [0.25, 0.3) is 5.91 Å². The average molecular weight is 574 g/mol. The lowest BCUT2D eigenvalue weighted by Crippen LogP contribution is -2.35. The molecule has 5 heterocycles. The molecule has 4 aromatic heterocycles. The number of amides is 1. The van der Waals surface area contributed by atoms with Crippen molar-refractivity contribution in [3.05, 3.63) is 84.1 Å². The number of carbonyl (C=O) groups excluding carboxylic acids is 1. The SMILES string of the molecule is CCc1ccc(-c2ncn(C3CCN(CCC#N)CC3)c2-c2ccc3nc(NC(=O)c4ccnc(CC)c4)cn3n2)cc1. The number of imidazole rings is 2. The van der Waals surface area contributed by atoms with Crippen LogP contribution in [0.1, 0.15) is 60.8 Å². The average Bonchev–Trinajstić information content (AvgIpc) is 3.68. The zero-order chi connectivity index (χ0) is 29.8. The molecule has 1 fully saturated rings. The molecule has 1 saturated heterocycles. The molecule has 43 heavy (non-hydrogen) atoms. The molecule has 0 aliphatic carbocycles. The summed E-state index contributed by atoms with van der Waals surface area (Å²) in [5.41, 5.74) is 6.99. The Balaban J connectivity index is 1.33. The second-order valence-corrected chi connectivity index (χ2v) is 10.9. The van der Waals surface area contributed by atoms with Crippen LogP contribution >= 0.6 is 0 Å². The third-order valence-electron chi connectivity index (χ3n) is 8.16. The number of piperidine rings is 1. The number of nitriles is 1. The maximum absolute atomic E-state index is 12.9. The topological polar surface area (TPSA) is 117 Å². The molecule has 0 bridgehead atoms. The molecule has 1 aromatic carbocycles. The number of hydrogen-bond acceptors (Lipinski definition) is 7. The highest BCUT2D eigenvalue weighted by Gasteiger charge is 2.26. The Morgan fingerprint density at radius 1 is 1.05 bits per heavy atom. The zero-order valence-corrected chi connectivity index (χ0v) is 24.6. The standard InChI is InChI=1S/C33H35N9O/c1-3-23-6-8-24(9-7-23)31-32(41(22-36-31)27-13-18-40(19-14-27)17-5-15-34)28-10-11-30-37-29(21-42(30)39-28)38-33(43)25-12-16-35-26(4-2)20-25/h6-12,16,20-22,27H,3-5,13-14,17-19H2,1-2H3,(H,38,43). The third-order valence-corrected chi connectivity index (χ3v) is 8.16. The number of nitrogens with zero attached hydrogens (tertiary/aromatic N) is 8. The van der Waals surface area contributed by atoms with Crippen LogP contribution in [0.3, 0.4) is 0 Å². The minimum Gasteiger partial charge on any atom is -0.326 e. The zero-order valence-electron chi connectivity index (χ0n) is 24.6. The Morgan fingerprint density at radius 3 is 2.60 bits per heavy atom. The van der Waals surface area contributed by atoms with Gasteiger partial charge in [0.1, 0.15) is 5.69 Å². The van der Waals surface area contributed by atoms with Crippen molar-refractivity contribution in [2.75, 3.05) is 25.0 Å². The monoisotopic (exact) mass is 573 g/mol. The molecule has 10 heteroatoms. The van der Waals surface area contributed by atoms with Crippen molar-refractivity contribution in [2.45, 2.75) is 52.0 Å². The molecule has 0 unspecified atom stereocenters. The smallest absolute Gasteiger partial charge is 0.256 e. The number of aromatic nitrogens is 6. The molecule has 1 aliphatic heterocycles. The summed E-state index contributed by atoms with van der Waals surface area (Å²) in [5, 5.41) is 16.9. The van der Waals surface area contributed by atoms with Crippen molar-refractivity contribution in [2.24, 2.45) is 0 Å². The van der Waals surface area contributed by atoms with Crippen LogP contribution in [0.15, 0.2) is 67.3 Å². The fourth-order valence-corrected chi connectivity index (χ4v) is 5.70. The second kappa shape index (κ2) is 12.5. The van der Waals surface area contributed by atoms with E-state index in [1.54, 1.807) is 29.0 Å². The van der Waals surface area contributed by atoms with E-state index in [1.165, 1.54) is 5.56 Å². The predicted molar refractivity (Wildman–Crippen MR) is 166 cm³/mol. The summed E-state index contributed by atoms with van der Waals surface area (Å²) in [5.74, 6) is 0.191. The second-order valence-electron chi connectivity index (χ2n) is 10.9. The van der Waals surface area contributed by atoms with Crippen LogP contribution in [0.2, 0.25) is 0 Å². The highest BCUT2D eigenvalue weighted by Crippen LogP contribution is 2.35. The number of aryl methyl sites for hydroxylation is 2. The van der Waals surface area contributed by atoms with E-state index in [0.717, 1.165) is 73.7 Å². The molecule has 0 radical (unpaired) electrons. The Kier molecular flexibility index (Phi) is 8.24. The summed E-state index contributed by atoms with van der Waals surface area (Å²) >= 11 is 0. The van der Waals surface area contributed by atoms with Crippen molar-refractivity contribution in [3.8, 4) is 28.7 Å². The number of nitrogens with one attached hydrogen (secondary N) is 1. The number of pyridine rings is 1. The van der Waals surface area contributed by atoms with Crippen LogP contribution in [0, 0.1) is 11.3 Å². The van der Waals surface area contributed by atoms with Gasteiger partial charge in [-0.1, -0.05) is 38.1 Å². The molecule has 1 aliphatic rings. The third kappa shape index (κ3) is 6.03. The first-order valence-corrected chi connectivity index (χ1v) is 14.9. The van der Waals surface area contributed by atoms with E-state index in [9.17, 15) is 4.79 Å². The van der Waals surface area contributed by atoms with E-state index in [4.69, 9.17) is 15.3 Å². The first-order chi connectivity index (χ1) is 21.1. The van der Waals surface area contributed by atoms with Crippen LogP contribution in [-0.2, 0) is 12.8 Å². The number of hydrogen-bond donors (Lipinski definition) is 1. The fourth-order valence-electron chi connectivity index (χ4n) is 5.70. The van der Waals surface area contributed by atoms with Gasteiger partial charge in [-0.3, -0.25) is 9.78 Å². The number of rotatable bonds is 9. The molecule has 10 nitrogen and oxygen atoms in total. The van der Waals surface area contributed by atoms with Crippen molar-refractivity contribution >= 4 is 17.4 Å². The van der Waals surface area contributed by atoms with Gasteiger partial charge in [-0.25, -0.2) is 14.5 Å². The summed E-state index contributed by atoms with van der Waals surface area (Å²) in [7, 11) is 0. The van der Waals surface area contributed by atoms with E-state index in [0.29, 0.717) is 23.4 Å². The van der Waals surface area contributed by atoms with Gasteiger partial charge >= 0.3 is 0 Å². The van der Waals surface area contributed by atoms with Crippen molar-refractivity contribution in [1.82, 2.24) is 34.0 Å². The van der Waals surface area contributed by atoms with E-state index < -0.39 is 0 Å². The molecule has 1 amide bonds. The maximum Gasteiger partial charge on any atom is 0.256 e. The fraction of sp³-hybridized carbons (Fsp3) is 0.333. The van der Waals surface area contributed by atoms with Gasteiger partial charge in [-0.05, 0) is 55.5 Å². The Morgan fingerprint density at radius 2 is 1.86 bits per heavy atom. The van der Waals surface area contributed by atoms with Crippen molar-refractivity contribution in [1.29, 1.82) is 5.26 Å². The van der Waals surface area contributed by atoms with E-state index in [2.05, 4.69) is 62.0 Å². The summed E-state index contributed by atoms with van der Waals surface area (Å²) in [6, 6.07) is 18.5. The van der Waals surface area contributed by atoms with Gasteiger partial charge in [0.2, 0.25) is 0 Å². The summed E-state index contributed by atoms with van der Waals surface area (Å²) in [4.78, 5) is 29.1. The highest BCUT2D eigenvalue weighted by molar-refractivity contribution is 6.03. The number of carbonyl (C=O) groups is 1. The maximum atomic E-state index is 12.9. The summed E-state index contributed by atoms with van der Waals surface area (Å²) < 4.78 is 3.98. The molecular formula is C33H35N9O. The Hall–Kier alpha value is -4.88. The van der Waals surface area contributed by atoms with Gasteiger partial charge < -0.3 is 14.8 Å². The number of likely N-dealkylation sites (tertiary alicyclic amines) is 1. The van der Waals surface area contributed by atoms with Gasteiger partial charge in [0, 0.05) is 55.1 Å². The molecule has 218 valence electrons. The van der Waals surface area contributed by atoms with Gasteiger partial charge in [-0.2, -0.15) is 10.4 Å². The lowest BCUT2D eigenvalue weighted by atomic mass is 10.0. The van der Waals surface area contributed by atoms with Gasteiger partial charge in [-0.15, -0.1) is 0 Å². The first kappa shape index (κ1) is 28.2. The predicted octanol–water partition coefficient (Wildman–Crippen LogP) is 5.58. The van der Waals surface area contributed by atoms with Gasteiger partial charge in [0.15, 0.2) is 11.5 Å². The molecule has 5 aromatic rings. The lowest BCUT2D eigenvalue weighted by Gasteiger charge is -2.32. The number of benzene rings is 1. The minimum absolute atomic E-state index is 0.238. The van der Waals surface area contributed by atoms with Crippen molar-refractivity contribution in [3.63, 3.8) is 0 Å². The number of fused-ring (bicyclic) bond motifs is 1. The minimum atomic E-state index is -0.238. The van der Waals surface area contributed by atoms with Crippen LogP contribution in [0.5, 0.6) is 0 Å². The first-order valence-electron chi connectivity index (χ1n) is 14.9. The Labute approximate surface area is 251 Å². The van der Waals surface area contributed by atoms with Crippen LogP contribution in [0.25, 0.3) is 28.3 Å². The molecule has 0 saturated carbocycles. The van der Waals surface area contributed by atoms with Crippen molar-refractivity contribution < 1.29 is 4.79 Å². The molecule has 1 N–H and O–H groups in total. The highest BCUT2D eigenvalue weighted by atomic mass is 16.1. The molecule has 0 atom stereocenters. The summed E-state index contributed by atoms with van der Waals surface area (Å²) in [6.07, 6.45) is 9.56. The van der Waals surface area contributed by atoms with E-state index in [-0.39, 0.29) is 11.9 Å². The van der Waals surface area contributed by atoms with Crippen LogP contribution in [-0.4, -0.2) is 59.6 Å². The van der Waals surface area contributed by atoms with Gasteiger partial charge in [0.05, 0.1) is 30.0 Å². The molecule has 6 rings (SSSR count). The largest absolute Gasteiger partial charge is 0.326 e. The van der Waals surface area contributed by atoms with Crippen LogP contribution in [0.4, 0.5) is 5.82 Å². The Bertz CT molecular complexity index is 1770. The normalized spacial score (nSPS) is 14.2. The number of anilines is 1.